The van der Waals surface area contributed by atoms with Gasteiger partial charge in [0.1, 0.15) is 5.75 Å². The highest BCUT2D eigenvalue weighted by Crippen LogP contribution is 2.25. The molecule has 6 heteroatoms. The maximum absolute atomic E-state index is 12.2. The fourth-order valence-electron chi connectivity index (χ4n) is 2.90. The minimum absolute atomic E-state index is 0.375. The molecule has 1 heterocycles. The van der Waals surface area contributed by atoms with Gasteiger partial charge in [0.05, 0.1) is 17.5 Å². The van der Waals surface area contributed by atoms with E-state index in [0.29, 0.717) is 11.3 Å². The van der Waals surface area contributed by atoms with Gasteiger partial charge in [-0.05, 0) is 55.8 Å². The summed E-state index contributed by atoms with van der Waals surface area (Å²) in [4.78, 5) is 16.8. The summed E-state index contributed by atoms with van der Waals surface area (Å²) in [6.07, 6.45) is 1.69. The summed E-state index contributed by atoms with van der Waals surface area (Å²) in [5.74, 6) is 0.110. The van der Waals surface area contributed by atoms with E-state index < -0.39 is 0 Å². The summed E-state index contributed by atoms with van der Waals surface area (Å²) in [5.41, 5.74) is 8.60. The number of ether oxygens (including phenoxy) is 1. The molecule has 0 amide bonds. The zero-order valence-corrected chi connectivity index (χ0v) is 18.0. The number of rotatable bonds is 6. The van der Waals surface area contributed by atoms with Crippen LogP contribution in [-0.4, -0.2) is 17.2 Å². The summed E-state index contributed by atoms with van der Waals surface area (Å²) in [6.45, 7) is 4.00. The van der Waals surface area contributed by atoms with E-state index in [4.69, 9.17) is 4.74 Å². The van der Waals surface area contributed by atoms with Crippen LogP contribution in [0.2, 0.25) is 0 Å². The Morgan fingerprint density at radius 2 is 1.77 bits per heavy atom. The van der Waals surface area contributed by atoms with Crippen molar-refractivity contribution in [3.05, 3.63) is 100 Å². The second-order valence-corrected chi connectivity index (χ2v) is 7.96. The maximum atomic E-state index is 12.2. The number of esters is 1. The minimum Gasteiger partial charge on any atom is -0.423 e. The molecule has 0 unspecified atom stereocenters. The smallest absolute Gasteiger partial charge is 0.343 e. The first kappa shape index (κ1) is 20.5. The lowest BCUT2D eigenvalue weighted by Crippen LogP contribution is -2.08. The average molecular weight is 428 g/mol. The van der Waals surface area contributed by atoms with Crippen molar-refractivity contribution in [1.29, 1.82) is 0 Å². The van der Waals surface area contributed by atoms with E-state index in [1.54, 1.807) is 30.5 Å². The lowest BCUT2D eigenvalue weighted by Gasteiger charge is -2.05. The van der Waals surface area contributed by atoms with Crippen LogP contribution in [0.4, 0.5) is 5.13 Å². The zero-order chi connectivity index (χ0) is 21.6. The van der Waals surface area contributed by atoms with Crippen molar-refractivity contribution in [1.82, 2.24) is 4.98 Å². The fourth-order valence-corrected chi connectivity index (χ4v) is 3.57. The van der Waals surface area contributed by atoms with Crippen LogP contribution in [0.15, 0.2) is 83.3 Å². The highest BCUT2D eigenvalue weighted by molar-refractivity contribution is 7.14. The number of benzene rings is 3. The number of carbonyl (C=O) groups is 1. The molecule has 4 aromatic rings. The van der Waals surface area contributed by atoms with Crippen LogP contribution in [0.1, 0.15) is 27.0 Å². The molecule has 0 aliphatic rings. The molecule has 0 atom stereocenters. The molecule has 0 spiro atoms. The molecular weight excluding hydrogens is 406 g/mol. The first-order valence-corrected chi connectivity index (χ1v) is 10.7. The van der Waals surface area contributed by atoms with Crippen LogP contribution in [-0.2, 0) is 0 Å². The summed E-state index contributed by atoms with van der Waals surface area (Å²) in [5, 5.41) is 6.96. The zero-order valence-electron chi connectivity index (χ0n) is 17.2. The Kier molecular flexibility index (Phi) is 6.19. The highest BCUT2D eigenvalue weighted by Gasteiger charge is 2.08. The van der Waals surface area contributed by atoms with Gasteiger partial charge in [-0.25, -0.2) is 9.78 Å². The number of hydrazone groups is 1. The molecular formula is C25H21N3O2S. The molecule has 0 saturated carbocycles. The van der Waals surface area contributed by atoms with Crippen molar-refractivity contribution in [2.24, 2.45) is 5.10 Å². The van der Waals surface area contributed by atoms with E-state index in [2.05, 4.69) is 46.7 Å². The van der Waals surface area contributed by atoms with Crippen molar-refractivity contribution in [3.63, 3.8) is 0 Å². The molecule has 154 valence electrons. The molecule has 5 nitrogen and oxygen atoms in total. The van der Waals surface area contributed by atoms with Crippen LogP contribution in [0.3, 0.4) is 0 Å². The van der Waals surface area contributed by atoms with Gasteiger partial charge in [0.2, 0.25) is 5.13 Å². The Balaban J connectivity index is 1.34. The van der Waals surface area contributed by atoms with E-state index in [-0.39, 0.29) is 5.97 Å². The molecule has 1 aromatic heterocycles. The number of nitrogens with one attached hydrogen (secondary N) is 1. The van der Waals surface area contributed by atoms with Gasteiger partial charge in [-0.15, -0.1) is 11.3 Å². The summed E-state index contributed by atoms with van der Waals surface area (Å²) in [7, 11) is 0. The van der Waals surface area contributed by atoms with Crippen LogP contribution >= 0.6 is 11.3 Å². The maximum Gasteiger partial charge on any atom is 0.343 e. The van der Waals surface area contributed by atoms with Gasteiger partial charge < -0.3 is 4.74 Å². The Morgan fingerprint density at radius 3 is 2.52 bits per heavy atom. The number of hydrogen-bond donors (Lipinski definition) is 1. The van der Waals surface area contributed by atoms with E-state index in [1.807, 2.05) is 36.6 Å². The monoisotopic (exact) mass is 427 g/mol. The first-order valence-electron chi connectivity index (χ1n) is 9.77. The highest BCUT2D eigenvalue weighted by atomic mass is 32.1. The van der Waals surface area contributed by atoms with E-state index in [9.17, 15) is 4.79 Å². The number of anilines is 1. The van der Waals surface area contributed by atoms with E-state index in [1.165, 1.54) is 16.9 Å². The molecule has 0 fully saturated rings. The molecule has 0 saturated heterocycles. The minimum atomic E-state index is -0.375. The van der Waals surface area contributed by atoms with Gasteiger partial charge in [-0.1, -0.05) is 47.5 Å². The third kappa shape index (κ3) is 5.43. The van der Waals surface area contributed by atoms with Gasteiger partial charge in [-0.3, -0.25) is 5.43 Å². The van der Waals surface area contributed by atoms with Crippen LogP contribution < -0.4 is 10.2 Å². The first-order chi connectivity index (χ1) is 15.1. The number of carbonyl (C=O) groups excluding carboxylic acids is 1. The third-order valence-corrected chi connectivity index (χ3v) is 5.32. The van der Waals surface area contributed by atoms with Crippen LogP contribution in [0.5, 0.6) is 5.75 Å². The van der Waals surface area contributed by atoms with Crippen molar-refractivity contribution in [2.45, 2.75) is 13.8 Å². The molecule has 0 bridgehead atoms. The topological polar surface area (TPSA) is 63.6 Å². The van der Waals surface area contributed by atoms with E-state index in [0.717, 1.165) is 27.5 Å². The SMILES string of the molecule is Cc1ccc(-c2csc(N/N=C\c3ccc(OC(=O)c4cccc(C)c4)cc3)n2)cc1. The normalized spacial score (nSPS) is 10.9. The lowest BCUT2D eigenvalue weighted by molar-refractivity contribution is 0.0734. The third-order valence-electron chi connectivity index (χ3n) is 4.57. The van der Waals surface area contributed by atoms with Crippen LogP contribution in [0.25, 0.3) is 11.3 Å². The fraction of sp³-hybridized carbons (Fsp3) is 0.0800. The second-order valence-electron chi connectivity index (χ2n) is 7.10. The number of aryl methyl sites for hydroxylation is 2. The Morgan fingerprint density at radius 1 is 1.00 bits per heavy atom. The standard InChI is InChI=1S/C25H21N3O2S/c1-17-6-10-20(11-7-17)23-16-31-25(27-23)28-26-15-19-8-12-22(13-9-19)30-24(29)21-5-3-4-18(2)14-21/h3-16H,1-2H3,(H,27,28)/b26-15-. The predicted octanol–water partition coefficient (Wildman–Crippen LogP) is 6.09. The molecule has 3 aromatic carbocycles. The summed E-state index contributed by atoms with van der Waals surface area (Å²) < 4.78 is 5.43. The van der Waals surface area contributed by atoms with Crippen molar-refractivity contribution >= 4 is 28.7 Å². The average Bonchev–Trinajstić information content (AvgIpc) is 3.24. The Bertz CT molecular complexity index is 1210. The van der Waals surface area contributed by atoms with Crippen molar-refractivity contribution in [3.8, 4) is 17.0 Å². The Labute approximate surface area is 185 Å². The summed E-state index contributed by atoms with van der Waals surface area (Å²) >= 11 is 1.50. The molecule has 4 rings (SSSR count). The van der Waals surface area contributed by atoms with Gasteiger partial charge in [0.15, 0.2) is 0 Å². The molecule has 0 aliphatic carbocycles. The van der Waals surface area contributed by atoms with Crippen molar-refractivity contribution in [2.75, 3.05) is 5.43 Å². The quantitative estimate of drug-likeness (QED) is 0.175. The largest absolute Gasteiger partial charge is 0.423 e. The molecule has 1 N–H and O–H groups in total. The number of aromatic nitrogens is 1. The Hall–Kier alpha value is -3.77. The van der Waals surface area contributed by atoms with Gasteiger partial charge in [-0.2, -0.15) is 5.10 Å². The van der Waals surface area contributed by atoms with Crippen molar-refractivity contribution < 1.29 is 9.53 Å². The van der Waals surface area contributed by atoms with Gasteiger partial charge in [0, 0.05) is 10.9 Å². The number of nitrogens with zero attached hydrogens (tertiary/aromatic N) is 2. The molecule has 0 radical (unpaired) electrons. The van der Waals surface area contributed by atoms with Gasteiger partial charge >= 0.3 is 5.97 Å². The second kappa shape index (κ2) is 9.36. The molecule has 31 heavy (non-hydrogen) atoms. The number of hydrogen-bond acceptors (Lipinski definition) is 6. The van der Waals surface area contributed by atoms with Crippen LogP contribution in [0, 0.1) is 13.8 Å². The van der Waals surface area contributed by atoms with E-state index >= 15 is 0 Å². The predicted molar refractivity (Wildman–Crippen MR) is 126 cm³/mol. The lowest BCUT2D eigenvalue weighted by atomic mass is 10.1. The van der Waals surface area contributed by atoms with Gasteiger partial charge in [0.25, 0.3) is 0 Å². The molecule has 0 aliphatic heterocycles. The summed E-state index contributed by atoms with van der Waals surface area (Å²) in [6, 6.07) is 22.7. The number of thiazole rings is 1.